The van der Waals surface area contributed by atoms with Gasteiger partial charge in [0, 0.05) is 30.1 Å². The zero-order valence-corrected chi connectivity index (χ0v) is 17.9. The maximum atomic E-state index is 15.0. The van der Waals surface area contributed by atoms with Gasteiger partial charge in [-0.2, -0.15) is 9.97 Å². The zero-order chi connectivity index (χ0) is 21.3. The number of fused-ring (bicyclic) bond motifs is 3. The number of nitrogens with zero attached hydrogens (tertiary/aromatic N) is 3. The highest BCUT2D eigenvalue weighted by atomic mass is 19.1. The summed E-state index contributed by atoms with van der Waals surface area (Å²) in [7, 11) is 1.65. The lowest BCUT2D eigenvalue weighted by atomic mass is 9.75. The van der Waals surface area contributed by atoms with Crippen molar-refractivity contribution in [3.63, 3.8) is 0 Å². The molecule has 1 atom stereocenters. The van der Waals surface area contributed by atoms with Crippen molar-refractivity contribution >= 4 is 11.5 Å². The minimum Gasteiger partial charge on any atom is -0.496 e. The first kappa shape index (κ1) is 20.7. The monoisotopic (exact) mass is 415 g/mol. The highest BCUT2D eigenvalue weighted by molar-refractivity contribution is 5.64. The lowest BCUT2D eigenvalue weighted by Crippen LogP contribution is -2.46. The number of ether oxygens (including phenoxy) is 2. The Balaban J connectivity index is 1.56. The van der Waals surface area contributed by atoms with Gasteiger partial charge in [0.15, 0.2) is 5.82 Å². The number of nitrogens with two attached hydrogens (primary N) is 1. The van der Waals surface area contributed by atoms with Crippen molar-refractivity contribution in [2.24, 2.45) is 5.92 Å². The van der Waals surface area contributed by atoms with Gasteiger partial charge in [0.2, 0.25) is 0 Å². The van der Waals surface area contributed by atoms with E-state index in [0.717, 1.165) is 30.9 Å². The number of aromatic nitrogens is 2. The molecule has 5 rings (SSSR count). The van der Waals surface area contributed by atoms with Crippen molar-refractivity contribution in [2.45, 2.75) is 39.2 Å². The summed E-state index contributed by atoms with van der Waals surface area (Å²) in [5.41, 5.74) is 8.62. The minimum absolute atomic E-state index is 0.231. The fourth-order valence-electron chi connectivity index (χ4n) is 4.59. The Bertz CT molecular complexity index is 915. The van der Waals surface area contributed by atoms with Crippen LogP contribution in [0.3, 0.4) is 0 Å². The average molecular weight is 416 g/mol. The first-order valence-electron chi connectivity index (χ1n) is 10.6. The number of hydrogen-bond donors (Lipinski definition) is 2. The fraction of sp³-hybridized carbons (Fsp3) is 0.545. The summed E-state index contributed by atoms with van der Waals surface area (Å²) >= 11 is 0. The Kier molecular flexibility index (Phi) is 5.94. The van der Waals surface area contributed by atoms with Crippen molar-refractivity contribution in [1.29, 1.82) is 0 Å². The van der Waals surface area contributed by atoms with E-state index >= 15 is 4.39 Å². The van der Waals surface area contributed by atoms with Crippen LogP contribution in [-0.4, -0.2) is 48.2 Å². The van der Waals surface area contributed by atoms with Crippen molar-refractivity contribution in [3.8, 4) is 11.8 Å². The SMILES string of the molecule is CCOc1nc(C)c(N)c(NCc2cc(OC)c(C3CN4CCC3CC4)cc2F)n1. The molecule has 3 saturated heterocycles. The zero-order valence-electron chi connectivity index (χ0n) is 17.9. The number of rotatable bonds is 7. The Labute approximate surface area is 176 Å². The summed E-state index contributed by atoms with van der Waals surface area (Å²) in [5, 5.41) is 3.13. The summed E-state index contributed by atoms with van der Waals surface area (Å²) in [6, 6.07) is 3.70. The van der Waals surface area contributed by atoms with Gasteiger partial charge in [-0.05, 0) is 57.8 Å². The molecule has 2 bridgehead atoms. The molecule has 30 heavy (non-hydrogen) atoms. The molecule has 1 unspecified atom stereocenters. The first-order chi connectivity index (χ1) is 14.5. The van der Waals surface area contributed by atoms with E-state index in [0.29, 0.717) is 41.2 Å². The highest BCUT2D eigenvalue weighted by Crippen LogP contribution is 2.43. The van der Waals surface area contributed by atoms with E-state index in [1.54, 1.807) is 26.2 Å². The third kappa shape index (κ3) is 4.01. The van der Waals surface area contributed by atoms with E-state index in [9.17, 15) is 0 Å². The van der Waals surface area contributed by atoms with Gasteiger partial charge in [-0.1, -0.05) is 0 Å². The molecule has 3 fully saturated rings. The number of anilines is 2. The van der Waals surface area contributed by atoms with Gasteiger partial charge in [-0.3, -0.25) is 0 Å². The molecule has 3 N–H and O–H groups in total. The summed E-state index contributed by atoms with van der Waals surface area (Å²) in [6.07, 6.45) is 2.35. The van der Waals surface area contributed by atoms with E-state index in [2.05, 4.69) is 20.2 Å². The Morgan fingerprint density at radius 2 is 2.03 bits per heavy atom. The second-order valence-electron chi connectivity index (χ2n) is 8.07. The lowest BCUT2D eigenvalue weighted by molar-refractivity contribution is 0.0858. The molecule has 3 aliphatic heterocycles. The molecule has 0 radical (unpaired) electrons. The van der Waals surface area contributed by atoms with Crippen LogP contribution in [0.2, 0.25) is 0 Å². The van der Waals surface area contributed by atoms with Gasteiger partial charge in [0.25, 0.3) is 0 Å². The van der Waals surface area contributed by atoms with Crippen LogP contribution in [0.5, 0.6) is 11.8 Å². The molecule has 2 aromatic rings. The van der Waals surface area contributed by atoms with Crippen LogP contribution in [0.4, 0.5) is 15.9 Å². The Morgan fingerprint density at radius 3 is 2.67 bits per heavy atom. The van der Waals surface area contributed by atoms with Crippen LogP contribution in [0.15, 0.2) is 12.1 Å². The third-order valence-corrected chi connectivity index (χ3v) is 6.29. The molecule has 0 amide bonds. The van der Waals surface area contributed by atoms with Gasteiger partial charge in [-0.15, -0.1) is 0 Å². The molecule has 4 heterocycles. The van der Waals surface area contributed by atoms with Gasteiger partial charge in [0.1, 0.15) is 11.6 Å². The van der Waals surface area contributed by atoms with E-state index in [4.69, 9.17) is 15.2 Å². The minimum atomic E-state index is -0.246. The van der Waals surface area contributed by atoms with Crippen LogP contribution < -0.4 is 20.5 Å². The normalized spacial score (nSPS) is 22.7. The fourth-order valence-corrected chi connectivity index (χ4v) is 4.59. The molecule has 1 aromatic heterocycles. The van der Waals surface area contributed by atoms with E-state index < -0.39 is 0 Å². The van der Waals surface area contributed by atoms with E-state index in [1.807, 2.05) is 6.92 Å². The van der Waals surface area contributed by atoms with Crippen LogP contribution in [0, 0.1) is 18.7 Å². The number of nitrogen functional groups attached to an aromatic ring is 1. The standard InChI is InChI=1S/C22H30FN5O2/c1-4-30-22-26-13(2)20(24)21(27-22)25-11-15-9-19(29-3)16(10-18(15)23)17-12-28-7-5-14(17)6-8-28/h9-10,14,17H,4-8,11-12,24H2,1-3H3,(H,25,26,27). The molecular weight excluding hydrogens is 385 g/mol. The molecule has 8 heteroatoms. The topological polar surface area (TPSA) is 85.5 Å². The van der Waals surface area contributed by atoms with Gasteiger partial charge in [-0.25, -0.2) is 4.39 Å². The van der Waals surface area contributed by atoms with Crippen LogP contribution in [0.25, 0.3) is 0 Å². The van der Waals surface area contributed by atoms with E-state index in [-0.39, 0.29) is 18.4 Å². The van der Waals surface area contributed by atoms with Gasteiger partial charge < -0.3 is 25.4 Å². The summed E-state index contributed by atoms with van der Waals surface area (Å²) in [6.45, 7) is 7.62. The first-order valence-corrected chi connectivity index (χ1v) is 10.6. The van der Waals surface area contributed by atoms with Crippen molar-refractivity contribution in [2.75, 3.05) is 44.4 Å². The molecule has 162 valence electrons. The number of benzene rings is 1. The summed E-state index contributed by atoms with van der Waals surface area (Å²) in [4.78, 5) is 11.0. The highest BCUT2D eigenvalue weighted by Gasteiger charge is 2.36. The van der Waals surface area contributed by atoms with Crippen LogP contribution in [-0.2, 0) is 6.54 Å². The molecule has 0 aliphatic carbocycles. The number of methoxy groups -OCH3 is 1. The Hall–Kier alpha value is -2.61. The summed E-state index contributed by atoms with van der Waals surface area (Å²) < 4.78 is 26.1. The smallest absolute Gasteiger partial charge is 0.318 e. The number of piperidine rings is 3. The maximum absolute atomic E-state index is 15.0. The van der Waals surface area contributed by atoms with Crippen LogP contribution in [0.1, 0.15) is 42.5 Å². The molecule has 3 aliphatic rings. The van der Waals surface area contributed by atoms with Crippen molar-refractivity contribution in [3.05, 3.63) is 34.8 Å². The number of aryl methyl sites for hydroxylation is 1. The maximum Gasteiger partial charge on any atom is 0.318 e. The predicted molar refractivity (Wildman–Crippen MR) is 115 cm³/mol. The van der Waals surface area contributed by atoms with Crippen molar-refractivity contribution in [1.82, 2.24) is 14.9 Å². The molecule has 0 spiro atoms. The molecule has 0 saturated carbocycles. The molecule has 7 nitrogen and oxygen atoms in total. The quantitative estimate of drug-likeness (QED) is 0.717. The second-order valence-corrected chi connectivity index (χ2v) is 8.07. The molecular formula is C22H30FN5O2. The average Bonchev–Trinajstić information content (AvgIpc) is 2.76. The van der Waals surface area contributed by atoms with Crippen LogP contribution >= 0.6 is 0 Å². The van der Waals surface area contributed by atoms with Crippen molar-refractivity contribution < 1.29 is 13.9 Å². The Morgan fingerprint density at radius 1 is 1.27 bits per heavy atom. The lowest BCUT2D eigenvalue weighted by Gasteiger charge is -2.45. The third-order valence-electron chi connectivity index (χ3n) is 6.29. The number of halogens is 1. The van der Waals surface area contributed by atoms with Gasteiger partial charge in [0.05, 0.1) is 25.1 Å². The molecule has 1 aromatic carbocycles. The summed E-state index contributed by atoms with van der Waals surface area (Å²) in [5.74, 6) is 1.87. The van der Waals surface area contributed by atoms with Gasteiger partial charge >= 0.3 is 6.01 Å². The van der Waals surface area contributed by atoms with E-state index in [1.165, 1.54) is 12.8 Å². The largest absolute Gasteiger partial charge is 0.496 e. The number of hydrogen-bond acceptors (Lipinski definition) is 7. The second kappa shape index (κ2) is 8.63. The number of nitrogens with one attached hydrogen (secondary N) is 1. The predicted octanol–water partition coefficient (Wildman–Crippen LogP) is 3.33.